The topological polar surface area (TPSA) is 14.7 Å². The van der Waals surface area contributed by atoms with Gasteiger partial charge in [0.25, 0.3) is 0 Å². The first-order chi connectivity index (χ1) is 45.7. The minimum absolute atomic E-state index is 0.0453. The molecule has 0 amide bonds. The van der Waals surface area contributed by atoms with Crippen LogP contribution in [0.4, 0.5) is 45.5 Å². The molecule has 6 heteroatoms. The lowest BCUT2D eigenvalue weighted by Gasteiger charge is -2.49. The summed E-state index contributed by atoms with van der Waals surface area (Å²) in [5, 5.41) is 2.54. The van der Waals surface area contributed by atoms with Crippen molar-refractivity contribution in [3.05, 3.63) is 371 Å². The fourth-order valence-electron chi connectivity index (χ4n) is 17.8. The number of aromatic nitrogens is 1. The Morgan fingerprint density at radius 3 is 1.21 bits per heavy atom. The SMILES string of the molecule is C1=C(c2ccc(N3c4ccccc4C4(c5ccccc5Sc5ccccc54)c4ccccc43)cc2)C2c3ccccc3N3c4ccc(-c5ccc(N6c7ccccc7C7(c8ccccc8Sc8ccccc87)c7ccccc76)cc5)c5c6ccccc6n(c45)C(=C1)C23. The molecule has 0 saturated heterocycles. The summed E-state index contributed by atoms with van der Waals surface area (Å²) in [5.74, 6) is 0.0932. The van der Waals surface area contributed by atoms with E-state index in [0.717, 1.165) is 11.4 Å². The summed E-state index contributed by atoms with van der Waals surface area (Å²) in [6, 6.07) is 115. The van der Waals surface area contributed by atoms with Crippen LogP contribution in [0.1, 0.15) is 61.6 Å². The quantitative estimate of drug-likeness (QED) is 0.174. The van der Waals surface area contributed by atoms with Crippen LogP contribution in [0.15, 0.2) is 335 Å². The fourth-order valence-corrected chi connectivity index (χ4v) is 20.2. The predicted molar refractivity (Wildman–Crippen MR) is 380 cm³/mol. The van der Waals surface area contributed by atoms with E-state index in [-0.39, 0.29) is 12.0 Å². The average Bonchev–Trinajstić information content (AvgIpc) is 1.09. The van der Waals surface area contributed by atoms with Gasteiger partial charge in [0.1, 0.15) is 0 Å². The summed E-state index contributed by atoms with van der Waals surface area (Å²) in [4.78, 5) is 12.9. The van der Waals surface area contributed by atoms with Gasteiger partial charge in [0.2, 0.25) is 0 Å². The number of fused-ring (bicyclic) bond motifs is 24. The van der Waals surface area contributed by atoms with Crippen LogP contribution >= 0.6 is 23.5 Å². The third-order valence-electron chi connectivity index (χ3n) is 21.2. The maximum atomic E-state index is 2.68. The van der Waals surface area contributed by atoms with Gasteiger partial charge in [-0.05, 0) is 169 Å². The number of rotatable bonds is 4. The standard InChI is InChI=1S/C86H54N4S2/c1-11-31-69-59(21-1)81-57(53-41-45-55(46-42-53)87-71-33-13-3-23-61(71)85(62-24-4-14-34-72(62)87)65-27-7-17-37-77(65)91-78-38-18-8-28-66(78)85)49-51-75-83(81)89(69)76-52-50-58(82-60-22-2-12-32-70(60)90(75)84(76)82)54-43-47-56(48-44-54)88-73-35-15-5-25-63(73)86(64-26-6-16-36-74(64)88)67-29-9-19-39-79(67)92-80-40-20-10-30-68(80)86/h1-52,81,83H. The molecule has 21 rings (SSSR count). The Morgan fingerprint density at radius 1 is 0.315 bits per heavy atom. The van der Waals surface area contributed by atoms with E-state index in [2.05, 4.69) is 335 Å². The van der Waals surface area contributed by atoms with Crippen LogP contribution in [0.25, 0.3) is 44.2 Å². The van der Waals surface area contributed by atoms with Crippen LogP contribution in [0.3, 0.4) is 0 Å². The van der Waals surface area contributed by atoms with Crippen molar-refractivity contribution in [1.82, 2.24) is 4.57 Å². The minimum Gasteiger partial charge on any atom is -0.329 e. The molecular formula is C86H54N4S2. The number of anilines is 8. The van der Waals surface area contributed by atoms with E-state index < -0.39 is 10.8 Å². The molecule has 2 spiro atoms. The van der Waals surface area contributed by atoms with Crippen molar-refractivity contribution in [2.45, 2.75) is 42.4 Å². The molecule has 1 aromatic heterocycles. The van der Waals surface area contributed by atoms with Gasteiger partial charge in [-0.1, -0.05) is 242 Å². The predicted octanol–water partition coefficient (Wildman–Crippen LogP) is 22.3. The zero-order valence-corrected chi connectivity index (χ0v) is 51.4. The maximum absolute atomic E-state index is 2.68. The normalized spacial score (nSPS) is 17.3. The average molecular weight is 1210 g/mol. The molecule has 14 aromatic rings. The monoisotopic (exact) mass is 1210 g/mol. The van der Waals surface area contributed by atoms with Gasteiger partial charge in [0.15, 0.2) is 0 Å². The highest BCUT2D eigenvalue weighted by Crippen LogP contribution is 2.66. The molecular weight excluding hydrogens is 1150 g/mol. The van der Waals surface area contributed by atoms with Crippen LogP contribution in [-0.4, -0.2) is 10.6 Å². The Kier molecular flexibility index (Phi) is 10.5. The zero-order chi connectivity index (χ0) is 60.0. The first kappa shape index (κ1) is 51.0. The van der Waals surface area contributed by atoms with Gasteiger partial charge in [-0.3, -0.25) is 0 Å². The highest BCUT2D eigenvalue weighted by Gasteiger charge is 2.53. The van der Waals surface area contributed by atoms with Gasteiger partial charge in [-0.25, -0.2) is 0 Å². The highest BCUT2D eigenvalue weighted by molar-refractivity contribution is 7.99. The molecule has 0 saturated carbocycles. The zero-order valence-electron chi connectivity index (χ0n) is 49.8. The van der Waals surface area contributed by atoms with Crippen molar-refractivity contribution in [2.75, 3.05) is 14.7 Å². The molecule has 6 aliphatic heterocycles. The molecule has 7 heterocycles. The van der Waals surface area contributed by atoms with Crippen LogP contribution < -0.4 is 14.7 Å². The van der Waals surface area contributed by atoms with Crippen molar-refractivity contribution >= 4 is 102 Å². The first-order valence-corrected chi connectivity index (χ1v) is 33.6. The smallest absolute Gasteiger partial charge is 0.0857 e. The number of para-hydroxylation sites is 6. The van der Waals surface area contributed by atoms with E-state index in [1.807, 2.05) is 23.5 Å². The second-order valence-electron chi connectivity index (χ2n) is 25.3. The molecule has 1 aliphatic carbocycles. The fraction of sp³-hybridized carbons (Fsp3) is 0.0465. The van der Waals surface area contributed by atoms with Gasteiger partial charge >= 0.3 is 0 Å². The lowest BCUT2D eigenvalue weighted by Crippen LogP contribution is -2.39. The summed E-state index contributed by atoms with van der Waals surface area (Å²) >= 11 is 3.77. The number of hydrogen-bond donors (Lipinski definition) is 0. The van der Waals surface area contributed by atoms with E-state index >= 15 is 0 Å². The molecule has 4 nitrogen and oxygen atoms in total. The molecule has 13 aromatic carbocycles. The van der Waals surface area contributed by atoms with E-state index in [0.29, 0.717) is 0 Å². The highest BCUT2D eigenvalue weighted by atomic mass is 32.2. The number of nitrogens with zero attached hydrogens (tertiary/aromatic N) is 4. The third kappa shape index (κ3) is 6.50. The van der Waals surface area contributed by atoms with E-state index in [9.17, 15) is 0 Å². The summed E-state index contributed by atoms with van der Waals surface area (Å²) in [6.07, 6.45) is 4.88. The molecule has 7 aliphatic rings. The van der Waals surface area contributed by atoms with E-state index in [1.54, 1.807) is 0 Å². The second kappa shape index (κ2) is 18.9. The summed E-state index contributed by atoms with van der Waals surface area (Å²) in [7, 11) is 0. The number of allylic oxidation sites excluding steroid dienone is 2. The third-order valence-corrected chi connectivity index (χ3v) is 23.5. The molecule has 2 atom stereocenters. The summed E-state index contributed by atoms with van der Waals surface area (Å²) < 4.78 is 2.62. The van der Waals surface area contributed by atoms with E-state index in [1.165, 1.54) is 154 Å². The van der Waals surface area contributed by atoms with Crippen molar-refractivity contribution in [2.24, 2.45) is 0 Å². The molecule has 0 fully saturated rings. The van der Waals surface area contributed by atoms with Crippen molar-refractivity contribution in [3.63, 3.8) is 0 Å². The lowest BCUT2D eigenvalue weighted by molar-refractivity contribution is 0.692. The number of hydrogen-bond acceptors (Lipinski definition) is 5. The Balaban J connectivity index is 0.680. The first-order valence-electron chi connectivity index (χ1n) is 32.0. The Bertz CT molecular complexity index is 5410. The maximum Gasteiger partial charge on any atom is 0.0857 e. The minimum atomic E-state index is -0.488. The van der Waals surface area contributed by atoms with Crippen LogP contribution in [0, 0.1) is 0 Å². The van der Waals surface area contributed by atoms with E-state index in [4.69, 9.17) is 0 Å². The van der Waals surface area contributed by atoms with Crippen molar-refractivity contribution in [3.8, 4) is 11.1 Å². The lowest BCUT2D eigenvalue weighted by atomic mass is 9.62. The van der Waals surface area contributed by atoms with Crippen molar-refractivity contribution < 1.29 is 0 Å². The van der Waals surface area contributed by atoms with Gasteiger partial charge in [-0.15, -0.1) is 0 Å². The molecule has 0 radical (unpaired) electrons. The molecule has 2 unspecified atom stereocenters. The molecule has 92 heavy (non-hydrogen) atoms. The molecule has 0 N–H and O–H groups in total. The van der Waals surface area contributed by atoms with Gasteiger partial charge in [0.05, 0.1) is 56.3 Å². The molecule has 0 bridgehead atoms. The van der Waals surface area contributed by atoms with Crippen molar-refractivity contribution in [1.29, 1.82) is 0 Å². The Labute approximate surface area is 542 Å². The van der Waals surface area contributed by atoms with Crippen LogP contribution in [0.2, 0.25) is 0 Å². The van der Waals surface area contributed by atoms with Gasteiger partial charge in [-0.2, -0.15) is 0 Å². The second-order valence-corrected chi connectivity index (χ2v) is 27.5. The van der Waals surface area contributed by atoms with Gasteiger partial charge < -0.3 is 19.3 Å². The van der Waals surface area contributed by atoms with Crippen LogP contribution in [0.5, 0.6) is 0 Å². The van der Waals surface area contributed by atoms with Gasteiger partial charge in [0, 0.05) is 59.0 Å². The molecule has 430 valence electrons. The van der Waals surface area contributed by atoms with Crippen LogP contribution in [-0.2, 0) is 10.8 Å². The largest absolute Gasteiger partial charge is 0.329 e. The Hall–Kier alpha value is -10.8. The summed E-state index contributed by atoms with van der Waals surface area (Å²) in [5.41, 5.74) is 29.3. The number of benzene rings is 13. The summed E-state index contributed by atoms with van der Waals surface area (Å²) in [6.45, 7) is 0. The Morgan fingerprint density at radius 2 is 0.717 bits per heavy atom.